The van der Waals surface area contributed by atoms with E-state index in [1.807, 2.05) is 31.2 Å². The Morgan fingerprint density at radius 2 is 1.69 bits per heavy atom. The van der Waals surface area contributed by atoms with Crippen LogP contribution >= 0.6 is 0 Å². The van der Waals surface area contributed by atoms with Crippen LogP contribution < -0.4 is 10.1 Å². The molecule has 1 unspecified atom stereocenters. The van der Waals surface area contributed by atoms with Gasteiger partial charge in [0.1, 0.15) is 5.75 Å². The third kappa shape index (κ3) is 4.96. The lowest BCUT2D eigenvalue weighted by Gasteiger charge is -2.16. The number of aromatic nitrogens is 1. The van der Waals surface area contributed by atoms with Crippen molar-refractivity contribution in [3.8, 4) is 28.1 Å². The minimum atomic E-state index is -4.40. The normalized spacial score (nSPS) is 13.0. The first-order valence-electron chi connectivity index (χ1n) is 11.6. The molecule has 1 N–H and O–H groups in total. The van der Waals surface area contributed by atoms with Crippen LogP contribution in [0.15, 0.2) is 85.1 Å². The van der Waals surface area contributed by atoms with E-state index in [0.29, 0.717) is 5.56 Å². The third-order valence-corrected chi connectivity index (χ3v) is 6.28. The monoisotopic (exact) mass is 488 g/mol. The van der Waals surface area contributed by atoms with Crippen molar-refractivity contribution in [1.82, 2.24) is 10.3 Å². The van der Waals surface area contributed by atoms with Gasteiger partial charge in [-0.15, -0.1) is 0 Å². The standard InChI is InChI=1S/C29H23F3N2O2/c1-18(19-9-11-22(12-10-19)36-17-29(30,31)32)34-28(35)21-13-14-33-27(16-21)25-8-4-7-24-23-6-3-2-5-20(23)15-26(24)25/h2-14,16,18H,15,17H2,1H3,(H,34,35). The number of pyridine rings is 1. The van der Waals surface area contributed by atoms with Crippen molar-refractivity contribution in [2.24, 2.45) is 0 Å². The minimum Gasteiger partial charge on any atom is -0.484 e. The van der Waals surface area contributed by atoms with Crippen LogP contribution in [-0.4, -0.2) is 23.7 Å². The van der Waals surface area contributed by atoms with E-state index in [1.165, 1.54) is 34.4 Å². The summed E-state index contributed by atoms with van der Waals surface area (Å²) in [6, 6.07) is 23.8. The van der Waals surface area contributed by atoms with Crippen molar-refractivity contribution in [3.63, 3.8) is 0 Å². The van der Waals surface area contributed by atoms with Gasteiger partial charge in [0.05, 0.1) is 11.7 Å². The SMILES string of the molecule is CC(NC(=O)c1ccnc(-c2cccc3c2Cc2ccccc2-3)c1)c1ccc(OCC(F)(F)F)cc1. The summed E-state index contributed by atoms with van der Waals surface area (Å²) in [7, 11) is 0. The molecule has 1 aliphatic rings. The number of amides is 1. The summed E-state index contributed by atoms with van der Waals surface area (Å²) in [4.78, 5) is 17.6. The summed E-state index contributed by atoms with van der Waals surface area (Å²) in [5, 5.41) is 2.95. The molecule has 0 bridgehead atoms. The van der Waals surface area contributed by atoms with Gasteiger partial charge < -0.3 is 10.1 Å². The fourth-order valence-electron chi connectivity index (χ4n) is 4.50. The Labute approximate surface area is 206 Å². The van der Waals surface area contributed by atoms with E-state index in [4.69, 9.17) is 4.74 Å². The highest BCUT2D eigenvalue weighted by atomic mass is 19.4. The van der Waals surface area contributed by atoms with E-state index < -0.39 is 12.8 Å². The summed E-state index contributed by atoms with van der Waals surface area (Å²) in [5.41, 5.74) is 7.85. The van der Waals surface area contributed by atoms with Gasteiger partial charge in [-0.2, -0.15) is 13.2 Å². The number of hydrogen-bond acceptors (Lipinski definition) is 3. The molecule has 0 fully saturated rings. The van der Waals surface area contributed by atoms with Crippen molar-refractivity contribution in [2.45, 2.75) is 25.6 Å². The van der Waals surface area contributed by atoms with Crippen LogP contribution in [-0.2, 0) is 6.42 Å². The molecule has 1 atom stereocenters. The molecule has 3 aromatic carbocycles. The highest BCUT2D eigenvalue weighted by Gasteiger charge is 2.28. The van der Waals surface area contributed by atoms with E-state index in [0.717, 1.165) is 23.2 Å². The number of rotatable bonds is 6. The molecule has 0 spiro atoms. The molecule has 1 heterocycles. The molecule has 0 saturated carbocycles. The molecule has 0 saturated heterocycles. The van der Waals surface area contributed by atoms with Crippen molar-refractivity contribution >= 4 is 5.91 Å². The second kappa shape index (κ2) is 9.49. The largest absolute Gasteiger partial charge is 0.484 e. The third-order valence-electron chi connectivity index (χ3n) is 6.28. The number of benzene rings is 3. The van der Waals surface area contributed by atoms with Crippen LogP contribution in [0.4, 0.5) is 13.2 Å². The zero-order valence-corrected chi connectivity index (χ0v) is 19.5. The number of nitrogens with zero attached hydrogens (tertiary/aromatic N) is 1. The Morgan fingerprint density at radius 3 is 2.47 bits per heavy atom. The molecule has 4 aromatic rings. The van der Waals surface area contributed by atoms with E-state index in [1.54, 1.807) is 30.5 Å². The van der Waals surface area contributed by atoms with Gasteiger partial charge in [0.25, 0.3) is 5.91 Å². The number of halogens is 3. The van der Waals surface area contributed by atoms with Crippen LogP contribution in [0.3, 0.4) is 0 Å². The van der Waals surface area contributed by atoms with Crippen LogP contribution in [0, 0.1) is 0 Å². The van der Waals surface area contributed by atoms with Crippen LogP contribution in [0.1, 0.15) is 40.0 Å². The molecule has 1 aromatic heterocycles. The van der Waals surface area contributed by atoms with E-state index >= 15 is 0 Å². The van der Waals surface area contributed by atoms with Gasteiger partial charge in [-0.05, 0) is 65.4 Å². The molecule has 182 valence electrons. The topological polar surface area (TPSA) is 51.2 Å². The number of nitrogens with one attached hydrogen (secondary N) is 1. The van der Waals surface area contributed by atoms with Crippen molar-refractivity contribution in [2.75, 3.05) is 6.61 Å². The van der Waals surface area contributed by atoms with Gasteiger partial charge in [-0.1, -0.05) is 54.6 Å². The van der Waals surface area contributed by atoms with E-state index in [9.17, 15) is 18.0 Å². The van der Waals surface area contributed by atoms with Crippen molar-refractivity contribution < 1.29 is 22.7 Å². The zero-order chi connectivity index (χ0) is 25.3. The van der Waals surface area contributed by atoms with Crippen molar-refractivity contribution in [1.29, 1.82) is 0 Å². The summed E-state index contributed by atoms with van der Waals surface area (Å²) in [5.74, 6) is -0.148. The number of hydrogen-bond donors (Lipinski definition) is 1. The zero-order valence-electron chi connectivity index (χ0n) is 19.5. The minimum absolute atomic E-state index is 0.117. The Balaban J connectivity index is 1.31. The molecule has 1 amide bonds. The van der Waals surface area contributed by atoms with Gasteiger partial charge in [-0.25, -0.2) is 0 Å². The lowest BCUT2D eigenvalue weighted by Crippen LogP contribution is -2.26. The lowest BCUT2D eigenvalue weighted by atomic mass is 9.98. The molecule has 1 aliphatic carbocycles. The molecule has 5 rings (SSSR count). The fourth-order valence-corrected chi connectivity index (χ4v) is 4.50. The maximum atomic E-state index is 13.0. The van der Waals surface area contributed by atoms with E-state index in [2.05, 4.69) is 28.5 Å². The van der Waals surface area contributed by atoms with Crippen LogP contribution in [0.2, 0.25) is 0 Å². The number of fused-ring (bicyclic) bond motifs is 3. The highest BCUT2D eigenvalue weighted by Crippen LogP contribution is 2.41. The smallest absolute Gasteiger partial charge is 0.422 e. The predicted molar refractivity (Wildman–Crippen MR) is 132 cm³/mol. The summed E-state index contributed by atoms with van der Waals surface area (Å²) >= 11 is 0. The van der Waals surface area contributed by atoms with Gasteiger partial charge in [0, 0.05) is 17.3 Å². The molecular weight excluding hydrogens is 465 g/mol. The second-order valence-corrected chi connectivity index (χ2v) is 8.76. The quantitative estimate of drug-likeness (QED) is 0.288. The Bertz CT molecular complexity index is 1410. The number of alkyl halides is 3. The molecule has 36 heavy (non-hydrogen) atoms. The molecule has 0 radical (unpaired) electrons. The maximum absolute atomic E-state index is 13.0. The van der Waals surface area contributed by atoms with Gasteiger partial charge >= 0.3 is 6.18 Å². The summed E-state index contributed by atoms with van der Waals surface area (Å²) in [6.45, 7) is 0.465. The van der Waals surface area contributed by atoms with Crippen LogP contribution in [0.5, 0.6) is 5.75 Å². The average Bonchev–Trinajstić information content (AvgIpc) is 3.26. The van der Waals surface area contributed by atoms with Crippen molar-refractivity contribution in [3.05, 3.63) is 107 Å². The maximum Gasteiger partial charge on any atom is 0.422 e. The predicted octanol–water partition coefficient (Wildman–Crippen LogP) is 6.75. The Morgan fingerprint density at radius 1 is 0.972 bits per heavy atom. The average molecular weight is 489 g/mol. The number of carbonyl (C=O) groups is 1. The second-order valence-electron chi connectivity index (χ2n) is 8.76. The van der Waals surface area contributed by atoms with Gasteiger partial charge in [0.2, 0.25) is 0 Å². The van der Waals surface area contributed by atoms with Gasteiger partial charge in [0.15, 0.2) is 6.61 Å². The first-order chi connectivity index (χ1) is 17.3. The lowest BCUT2D eigenvalue weighted by molar-refractivity contribution is -0.153. The number of carbonyl (C=O) groups excluding carboxylic acids is 1. The summed E-state index contributed by atoms with van der Waals surface area (Å²) < 4.78 is 41.8. The first-order valence-corrected chi connectivity index (χ1v) is 11.6. The molecule has 7 heteroatoms. The number of ether oxygens (including phenoxy) is 1. The fraction of sp³-hybridized carbons (Fsp3) is 0.172. The summed E-state index contributed by atoms with van der Waals surface area (Å²) in [6.07, 6.45) is -1.95. The molecule has 4 nitrogen and oxygen atoms in total. The van der Waals surface area contributed by atoms with E-state index in [-0.39, 0.29) is 17.7 Å². The Hall–Kier alpha value is -4.13. The highest BCUT2D eigenvalue weighted by molar-refractivity contribution is 5.95. The van der Waals surface area contributed by atoms with Crippen LogP contribution in [0.25, 0.3) is 22.4 Å². The molecular formula is C29H23F3N2O2. The Kier molecular flexibility index (Phi) is 6.22. The first kappa shape index (κ1) is 23.6. The van der Waals surface area contributed by atoms with Gasteiger partial charge in [-0.3, -0.25) is 9.78 Å². The molecule has 0 aliphatic heterocycles.